The summed E-state index contributed by atoms with van der Waals surface area (Å²) in [4.78, 5) is 16.7. The fraction of sp³-hybridized carbons (Fsp3) is 0.417. The quantitative estimate of drug-likeness (QED) is 0.556. The van der Waals surface area contributed by atoms with E-state index in [4.69, 9.17) is 19.2 Å². The third kappa shape index (κ3) is 4.10. The summed E-state index contributed by atoms with van der Waals surface area (Å²) in [5.74, 6) is 1.40. The molecule has 1 aliphatic heterocycles. The van der Waals surface area contributed by atoms with Gasteiger partial charge in [0.05, 0.1) is 25.5 Å². The molecule has 0 N–H and O–H groups in total. The molecule has 0 radical (unpaired) electrons. The number of fused-ring (bicyclic) bond motifs is 3. The molecule has 30 heavy (non-hydrogen) atoms. The van der Waals surface area contributed by atoms with Crippen molar-refractivity contribution >= 4 is 27.6 Å². The number of methoxy groups -OCH3 is 1. The van der Waals surface area contributed by atoms with Crippen LogP contribution in [-0.2, 0) is 9.53 Å². The Labute approximate surface area is 185 Å². The van der Waals surface area contributed by atoms with Gasteiger partial charge in [0.25, 0.3) is 0 Å². The summed E-state index contributed by atoms with van der Waals surface area (Å²) in [6, 6.07) is 12.5. The van der Waals surface area contributed by atoms with Crippen LogP contribution in [0.4, 0.5) is 0 Å². The molecule has 1 fully saturated rings. The van der Waals surface area contributed by atoms with Crippen molar-refractivity contribution in [2.45, 2.75) is 51.2 Å². The van der Waals surface area contributed by atoms with Gasteiger partial charge in [0.1, 0.15) is 6.10 Å². The zero-order chi connectivity index (χ0) is 21.3. The molecule has 2 aromatic rings. The topological polar surface area (TPSA) is 57.1 Å². The second-order valence-electron chi connectivity index (χ2n) is 7.73. The predicted molar refractivity (Wildman–Crippen MR) is 120 cm³/mol. The van der Waals surface area contributed by atoms with Crippen LogP contribution in [0.3, 0.4) is 0 Å². The Morgan fingerprint density at radius 2 is 1.93 bits per heavy atom. The molecule has 2 aromatic carbocycles. The van der Waals surface area contributed by atoms with Gasteiger partial charge in [-0.05, 0) is 56.0 Å². The lowest BCUT2D eigenvalue weighted by molar-refractivity contribution is -0.148. The molecule has 4 rings (SSSR count). The number of hydrogen-bond donors (Lipinski definition) is 0. The Morgan fingerprint density at radius 1 is 1.17 bits per heavy atom. The summed E-state index contributed by atoms with van der Waals surface area (Å²) in [5, 5.41) is 0. The summed E-state index contributed by atoms with van der Waals surface area (Å²) in [6.07, 6.45) is 2.42. The number of nitrogens with zero attached hydrogens (tertiary/aromatic N) is 1. The SMILES string of the molecule is CCOc1cc2c(cc1OC)C(c1ccc(Br)cc1)=NC1CCC(OC(C)=O)CC21. The number of rotatable bonds is 5. The summed E-state index contributed by atoms with van der Waals surface area (Å²) in [5.41, 5.74) is 4.30. The van der Waals surface area contributed by atoms with Crippen LogP contribution in [0.1, 0.15) is 55.7 Å². The van der Waals surface area contributed by atoms with Crippen LogP contribution in [0.25, 0.3) is 0 Å². The lowest BCUT2D eigenvalue weighted by Crippen LogP contribution is -2.36. The fourth-order valence-corrected chi connectivity index (χ4v) is 4.80. The van der Waals surface area contributed by atoms with Crippen LogP contribution in [0, 0.1) is 0 Å². The van der Waals surface area contributed by atoms with Crippen LogP contribution < -0.4 is 9.47 Å². The molecular formula is C24H26BrNO4. The first kappa shape index (κ1) is 20.9. The molecule has 1 heterocycles. The minimum absolute atomic E-state index is 0.0707. The number of carbonyl (C=O) groups is 1. The molecule has 6 heteroatoms. The molecule has 2 aliphatic rings. The van der Waals surface area contributed by atoms with Crippen molar-refractivity contribution in [2.75, 3.05) is 13.7 Å². The van der Waals surface area contributed by atoms with Crippen LogP contribution in [-0.4, -0.2) is 37.5 Å². The lowest BCUT2D eigenvalue weighted by atomic mass is 9.74. The Hall–Kier alpha value is -2.34. The number of carbonyl (C=O) groups excluding carboxylic acids is 1. The maximum absolute atomic E-state index is 11.5. The molecule has 1 aliphatic carbocycles. The molecule has 5 nitrogen and oxygen atoms in total. The van der Waals surface area contributed by atoms with Gasteiger partial charge in [-0.1, -0.05) is 28.1 Å². The second-order valence-corrected chi connectivity index (χ2v) is 8.64. The van der Waals surface area contributed by atoms with E-state index in [1.165, 1.54) is 12.5 Å². The average Bonchev–Trinajstić information content (AvgIpc) is 2.73. The molecule has 0 amide bonds. The molecule has 158 valence electrons. The maximum Gasteiger partial charge on any atom is 0.302 e. The van der Waals surface area contributed by atoms with Crippen molar-refractivity contribution in [3.05, 3.63) is 57.6 Å². The van der Waals surface area contributed by atoms with Crippen molar-refractivity contribution in [1.82, 2.24) is 0 Å². The monoisotopic (exact) mass is 471 g/mol. The van der Waals surface area contributed by atoms with E-state index in [-0.39, 0.29) is 24.0 Å². The molecule has 3 unspecified atom stereocenters. The zero-order valence-corrected chi connectivity index (χ0v) is 19.1. The number of benzene rings is 2. The van der Waals surface area contributed by atoms with Gasteiger partial charge >= 0.3 is 5.97 Å². The van der Waals surface area contributed by atoms with E-state index in [0.717, 1.165) is 46.3 Å². The number of halogens is 1. The molecular weight excluding hydrogens is 446 g/mol. The van der Waals surface area contributed by atoms with Crippen molar-refractivity contribution in [2.24, 2.45) is 4.99 Å². The minimum Gasteiger partial charge on any atom is -0.493 e. The van der Waals surface area contributed by atoms with E-state index in [0.29, 0.717) is 12.4 Å². The highest BCUT2D eigenvalue weighted by molar-refractivity contribution is 9.10. The second kappa shape index (κ2) is 8.80. The minimum atomic E-state index is -0.224. The van der Waals surface area contributed by atoms with Gasteiger partial charge in [0.2, 0.25) is 0 Å². The van der Waals surface area contributed by atoms with Gasteiger partial charge in [0, 0.05) is 28.4 Å². The average molecular weight is 472 g/mol. The van der Waals surface area contributed by atoms with Crippen molar-refractivity contribution in [3.63, 3.8) is 0 Å². The number of aliphatic imine (C=N–C) groups is 1. The molecule has 1 saturated carbocycles. The Bertz CT molecular complexity index is 970. The molecule has 0 spiro atoms. The van der Waals surface area contributed by atoms with Crippen LogP contribution in [0.5, 0.6) is 11.5 Å². The standard InChI is InChI=1S/C24H26BrNO4/c1-4-29-23-12-18-19-11-17(30-14(2)27)9-10-21(19)26-24(20(18)13-22(23)28-3)15-5-7-16(25)8-6-15/h5-8,12-13,17,19,21H,4,9-11H2,1-3H3. The van der Waals surface area contributed by atoms with E-state index in [1.807, 2.05) is 25.1 Å². The Morgan fingerprint density at radius 3 is 2.60 bits per heavy atom. The van der Waals surface area contributed by atoms with Gasteiger partial charge in [0.15, 0.2) is 11.5 Å². The summed E-state index contributed by atoms with van der Waals surface area (Å²) in [6.45, 7) is 4.00. The summed E-state index contributed by atoms with van der Waals surface area (Å²) >= 11 is 3.51. The first-order valence-corrected chi connectivity index (χ1v) is 11.2. The first-order chi connectivity index (χ1) is 14.5. The van der Waals surface area contributed by atoms with Crippen molar-refractivity contribution in [1.29, 1.82) is 0 Å². The van der Waals surface area contributed by atoms with Crippen LogP contribution in [0.15, 0.2) is 45.9 Å². The van der Waals surface area contributed by atoms with E-state index in [9.17, 15) is 4.79 Å². The maximum atomic E-state index is 11.5. The third-order valence-corrected chi connectivity index (χ3v) is 6.33. The van der Waals surface area contributed by atoms with Gasteiger partial charge in [-0.15, -0.1) is 0 Å². The lowest BCUT2D eigenvalue weighted by Gasteiger charge is -2.38. The summed E-state index contributed by atoms with van der Waals surface area (Å²) < 4.78 is 18.1. The molecule has 0 bridgehead atoms. The number of esters is 1. The van der Waals surface area contributed by atoms with E-state index in [2.05, 4.69) is 34.1 Å². The van der Waals surface area contributed by atoms with Gasteiger partial charge in [-0.2, -0.15) is 0 Å². The molecule has 0 aromatic heterocycles. The fourth-order valence-electron chi connectivity index (χ4n) is 4.54. The van der Waals surface area contributed by atoms with Gasteiger partial charge < -0.3 is 14.2 Å². The van der Waals surface area contributed by atoms with Crippen molar-refractivity contribution < 1.29 is 19.0 Å². The third-order valence-electron chi connectivity index (χ3n) is 5.80. The van der Waals surface area contributed by atoms with Gasteiger partial charge in [-0.3, -0.25) is 9.79 Å². The van der Waals surface area contributed by atoms with E-state index < -0.39 is 0 Å². The van der Waals surface area contributed by atoms with E-state index >= 15 is 0 Å². The van der Waals surface area contributed by atoms with E-state index in [1.54, 1.807) is 7.11 Å². The molecule has 3 atom stereocenters. The van der Waals surface area contributed by atoms with Crippen LogP contribution in [0.2, 0.25) is 0 Å². The van der Waals surface area contributed by atoms with Crippen LogP contribution >= 0.6 is 15.9 Å². The number of ether oxygens (including phenoxy) is 3. The summed E-state index contributed by atoms with van der Waals surface area (Å²) in [7, 11) is 1.66. The smallest absolute Gasteiger partial charge is 0.302 e. The first-order valence-electron chi connectivity index (χ1n) is 10.4. The Balaban J connectivity index is 1.82. The highest BCUT2D eigenvalue weighted by Crippen LogP contribution is 2.45. The highest BCUT2D eigenvalue weighted by Gasteiger charge is 2.38. The van der Waals surface area contributed by atoms with Gasteiger partial charge in [-0.25, -0.2) is 0 Å². The predicted octanol–water partition coefficient (Wildman–Crippen LogP) is 5.28. The number of hydrogen-bond acceptors (Lipinski definition) is 5. The largest absolute Gasteiger partial charge is 0.493 e. The highest BCUT2D eigenvalue weighted by atomic mass is 79.9. The normalized spacial score (nSPS) is 22.4. The van der Waals surface area contributed by atoms with Crippen molar-refractivity contribution in [3.8, 4) is 11.5 Å². The molecule has 0 saturated heterocycles. The Kier molecular flexibility index (Phi) is 6.14. The zero-order valence-electron chi connectivity index (χ0n) is 17.5.